The van der Waals surface area contributed by atoms with E-state index in [-0.39, 0.29) is 0 Å². The molecular formula is C36H77N. The second kappa shape index (κ2) is 45.1. The fraction of sp³-hybridized carbons (Fsp3) is 0.833. The van der Waals surface area contributed by atoms with E-state index >= 15 is 0 Å². The molecule has 0 fully saturated rings. The smallest absolute Gasteiger partial charge is 0.00248 e. The summed E-state index contributed by atoms with van der Waals surface area (Å²) in [4.78, 5) is 2.24. The van der Waals surface area contributed by atoms with Crippen molar-refractivity contribution in [2.45, 2.75) is 166 Å². The average molecular weight is 524 g/mol. The van der Waals surface area contributed by atoms with E-state index in [9.17, 15) is 0 Å². The fourth-order valence-electron chi connectivity index (χ4n) is 3.76. The van der Waals surface area contributed by atoms with Crippen molar-refractivity contribution in [3.8, 4) is 0 Å². The van der Waals surface area contributed by atoms with E-state index in [0.29, 0.717) is 0 Å². The van der Waals surface area contributed by atoms with Crippen molar-refractivity contribution in [1.82, 2.24) is 4.90 Å². The van der Waals surface area contributed by atoms with Crippen molar-refractivity contribution in [2.75, 3.05) is 20.6 Å². The number of rotatable bonds is 19. The van der Waals surface area contributed by atoms with E-state index in [2.05, 4.69) is 84.5 Å². The lowest BCUT2D eigenvalue weighted by Gasteiger charge is -2.22. The predicted octanol–water partition coefficient (Wildman–Crippen LogP) is 13.1. The highest BCUT2D eigenvalue weighted by Gasteiger charge is 2.14. The van der Waals surface area contributed by atoms with Gasteiger partial charge in [-0.15, -0.1) is 6.58 Å². The molecule has 0 radical (unpaired) electrons. The maximum Gasteiger partial charge on any atom is -0.00248 e. The molecule has 226 valence electrons. The Morgan fingerprint density at radius 2 is 1.19 bits per heavy atom. The number of hydrogen-bond donors (Lipinski definition) is 0. The highest BCUT2D eigenvalue weighted by atomic mass is 15.0. The normalized spacial score (nSPS) is 11.8. The molecule has 0 bridgehead atoms. The van der Waals surface area contributed by atoms with Crippen LogP contribution in [0.25, 0.3) is 0 Å². The predicted molar refractivity (Wildman–Crippen MR) is 180 cm³/mol. The van der Waals surface area contributed by atoms with Gasteiger partial charge < -0.3 is 4.90 Å². The molecule has 0 saturated heterocycles. The average Bonchev–Trinajstić information content (AvgIpc) is 2.92. The molecule has 0 spiro atoms. The monoisotopic (exact) mass is 524 g/mol. The van der Waals surface area contributed by atoms with Gasteiger partial charge in [-0.25, -0.2) is 0 Å². The van der Waals surface area contributed by atoms with Crippen LogP contribution in [-0.4, -0.2) is 25.5 Å². The third-order valence-corrected chi connectivity index (χ3v) is 6.07. The molecular weight excluding hydrogens is 446 g/mol. The summed E-state index contributed by atoms with van der Waals surface area (Å²) in [5.41, 5.74) is 1.31. The summed E-state index contributed by atoms with van der Waals surface area (Å²) >= 11 is 0. The molecule has 0 aromatic heterocycles. The Morgan fingerprint density at radius 1 is 0.703 bits per heavy atom. The second-order valence-corrected chi connectivity index (χ2v) is 9.72. The van der Waals surface area contributed by atoms with E-state index in [4.69, 9.17) is 0 Å². The summed E-state index contributed by atoms with van der Waals surface area (Å²) in [6.07, 6.45) is 27.8. The van der Waals surface area contributed by atoms with Gasteiger partial charge in [0.2, 0.25) is 0 Å². The molecule has 0 N–H and O–H groups in total. The lowest BCUT2D eigenvalue weighted by Crippen LogP contribution is -2.12. The maximum absolute atomic E-state index is 3.88. The summed E-state index contributed by atoms with van der Waals surface area (Å²) in [7, 11) is 4.25. The number of nitrogens with zero attached hydrogens (tertiary/aromatic N) is 1. The van der Waals surface area contributed by atoms with Crippen LogP contribution in [0.5, 0.6) is 0 Å². The number of unbranched alkanes of at least 4 members (excludes halogenated alkanes) is 5. The van der Waals surface area contributed by atoms with Crippen LogP contribution in [0.15, 0.2) is 36.5 Å². The summed E-state index contributed by atoms with van der Waals surface area (Å²) in [6.45, 7) is 28.4. The summed E-state index contributed by atoms with van der Waals surface area (Å²) in [6, 6.07) is 0. The first-order chi connectivity index (χ1) is 17.9. The molecule has 0 heterocycles. The Hall–Kier alpha value is -0.820. The van der Waals surface area contributed by atoms with Crippen LogP contribution < -0.4 is 0 Å². The first-order valence-corrected chi connectivity index (χ1v) is 16.5. The van der Waals surface area contributed by atoms with Crippen LogP contribution in [0.2, 0.25) is 0 Å². The van der Waals surface area contributed by atoms with E-state index in [1.165, 1.54) is 102 Å². The molecule has 0 aliphatic carbocycles. The van der Waals surface area contributed by atoms with Crippen LogP contribution in [0.3, 0.4) is 0 Å². The van der Waals surface area contributed by atoms with Gasteiger partial charge in [-0.2, -0.15) is 0 Å². The highest BCUT2D eigenvalue weighted by molar-refractivity contribution is 4.87. The lowest BCUT2D eigenvalue weighted by molar-refractivity contribution is 0.296. The van der Waals surface area contributed by atoms with Crippen molar-refractivity contribution >= 4 is 0 Å². The summed E-state index contributed by atoms with van der Waals surface area (Å²) in [5.74, 6) is 1.83. The van der Waals surface area contributed by atoms with E-state index < -0.39 is 0 Å². The molecule has 0 aromatic carbocycles. The van der Waals surface area contributed by atoms with Gasteiger partial charge in [0.05, 0.1) is 0 Å². The molecule has 0 aromatic rings. The van der Waals surface area contributed by atoms with Gasteiger partial charge in [-0.05, 0) is 110 Å². The Kier molecular flexibility index (Phi) is 56.2. The van der Waals surface area contributed by atoms with Crippen LogP contribution in [0, 0.1) is 11.8 Å². The van der Waals surface area contributed by atoms with E-state index in [0.717, 1.165) is 11.8 Å². The van der Waals surface area contributed by atoms with Crippen molar-refractivity contribution in [3.05, 3.63) is 36.5 Å². The number of hydrogen-bond acceptors (Lipinski definition) is 1. The van der Waals surface area contributed by atoms with Crippen molar-refractivity contribution in [1.29, 1.82) is 0 Å². The van der Waals surface area contributed by atoms with Gasteiger partial charge in [0.1, 0.15) is 0 Å². The van der Waals surface area contributed by atoms with Gasteiger partial charge in [-0.1, -0.05) is 118 Å². The van der Waals surface area contributed by atoms with Crippen molar-refractivity contribution in [2.24, 2.45) is 11.8 Å². The largest absolute Gasteiger partial charge is 0.309 e. The van der Waals surface area contributed by atoms with Gasteiger partial charge in [0.25, 0.3) is 0 Å². The van der Waals surface area contributed by atoms with Crippen molar-refractivity contribution < 1.29 is 0 Å². The molecule has 0 rings (SSSR count). The third-order valence-electron chi connectivity index (χ3n) is 6.07. The third kappa shape index (κ3) is 48.8. The highest BCUT2D eigenvalue weighted by Crippen LogP contribution is 2.26. The van der Waals surface area contributed by atoms with Crippen molar-refractivity contribution in [3.63, 3.8) is 0 Å². The molecule has 2 atom stereocenters. The van der Waals surface area contributed by atoms with Crippen LogP contribution in [0.1, 0.15) is 166 Å². The Balaban J connectivity index is -0.000000169. The minimum absolute atomic E-state index is 0.893. The first-order valence-electron chi connectivity index (χ1n) is 16.5. The minimum atomic E-state index is 0.893. The SMILES string of the molecule is C=C(C)CCCCCN(C)C.CC.CC.CC.CC/C=C\CCCC(CCC/C=C\CCC)C(C)CC. The molecule has 2 unspecified atom stereocenters. The Labute approximate surface area is 239 Å². The zero-order chi connectivity index (χ0) is 29.7. The summed E-state index contributed by atoms with van der Waals surface area (Å²) < 4.78 is 0. The second-order valence-electron chi connectivity index (χ2n) is 9.72. The van der Waals surface area contributed by atoms with Gasteiger partial charge in [-0.3, -0.25) is 0 Å². The van der Waals surface area contributed by atoms with Gasteiger partial charge in [0.15, 0.2) is 0 Å². The van der Waals surface area contributed by atoms with E-state index in [1.807, 2.05) is 41.5 Å². The quantitative estimate of drug-likeness (QED) is 0.120. The zero-order valence-electron chi connectivity index (χ0n) is 28.7. The number of allylic oxidation sites excluding steroid dienone is 5. The molecule has 0 amide bonds. The minimum Gasteiger partial charge on any atom is -0.309 e. The lowest BCUT2D eigenvalue weighted by atomic mass is 9.83. The molecule has 0 aliphatic rings. The maximum atomic E-state index is 3.88. The van der Waals surface area contributed by atoms with Crippen LogP contribution in [-0.2, 0) is 0 Å². The van der Waals surface area contributed by atoms with Crippen LogP contribution >= 0.6 is 0 Å². The summed E-state index contributed by atoms with van der Waals surface area (Å²) in [5, 5.41) is 0. The first kappa shape index (κ1) is 46.1. The van der Waals surface area contributed by atoms with Gasteiger partial charge in [0, 0.05) is 0 Å². The molecule has 37 heavy (non-hydrogen) atoms. The molecule has 1 nitrogen and oxygen atoms in total. The standard InChI is InChI=1S/C20H38.C10H21N.3C2H6/c1-5-8-10-12-14-16-18-20(19(4)7-3)17-15-13-11-9-6-2;1-10(2)8-6-5-7-9-11(3)4;3*1-2/h9-12,19-20H,5-8,13-18H2,1-4H3;1,5-9H2,2-4H3;3*1-2H3/b11-9-,12-10-;;;;. The topological polar surface area (TPSA) is 3.24 Å². The zero-order valence-corrected chi connectivity index (χ0v) is 28.7. The Morgan fingerprint density at radius 3 is 1.59 bits per heavy atom. The van der Waals surface area contributed by atoms with Crippen LogP contribution in [0.4, 0.5) is 0 Å². The van der Waals surface area contributed by atoms with E-state index in [1.54, 1.807) is 0 Å². The van der Waals surface area contributed by atoms with Gasteiger partial charge >= 0.3 is 0 Å². The molecule has 0 aliphatic heterocycles. The fourth-order valence-corrected chi connectivity index (χ4v) is 3.76. The Bertz CT molecular complexity index is 418. The molecule has 0 saturated carbocycles. The molecule has 1 heteroatoms.